The summed E-state index contributed by atoms with van der Waals surface area (Å²) in [5.41, 5.74) is 3.61. The average Bonchev–Trinajstić information content (AvgIpc) is 2.51. The molecule has 2 aromatic carbocycles. The zero-order valence-corrected chi connectivity index (χ0v) is 14.9. The van der Waals surface area contributed by atoms with E-state index in [2.05, 4.69) is 5.32 Å². The van der Waals surface area contributed by atoms with Crippen molar-refractivity contribution in [2.24, 2.45) is 0 Å². The highest BCUT2D eigenvalue weighted by atomic mass is 35.5. The zero-order valence-electron chi connectivity index (χ0n) is 13.3. The van der Waals surface area contributed by atoms with Crippen molar-refractivity contribution in [2.45, 2.75) is 19.6 Å². The second-order valence-corrected chi connectivity index (χ2v) is 6.80. The Morgan fingerprint density at radius 1 is 1.25 bits per heavy atom. The van der Waals surface area contributed by atoms with Crippen LogP contribution in [0.4, 0.5) is 11.4 Å². The van der Waals surface area contributed by atoms with Crippen LogP contribution in [0.2, 0.25) is 5.02 Å². The average molecular weight is 365 g/mol. The largest absolute Gasteiger partial charge is 0.324 e. The van der Waals surface area contributed by atoms with Crippen molar-refractivity contribution in [1.82, 2.24) is 0 Å². The Balaban J connectivity index is 1.86. The minimum Gasteiger partial charge on any atom is -0.324 e. The molecule has 0 fully saturated rings. The first kappa shape index (κ1) is 18.3. The molecule has 0 saturated carbocycles. The fourth-order valence-corrected chi connectivity index (χ4v) is 3.38. The van der Waals surface area contributed by atoms with E-state index in [-0.39, 0.29) is 17.3 Å². The van der Waals surface area contributed by atoms with Crippen LogP contribution >= 0.6 is 23.4 Å². The van der Waals surface area contributed by atoms with Gasteiger partial charge in [-0.2, -0.15) is 0 Å². The molecule has 0 atom stereocenters. The van der Waals surface area contributed by atoms with Crippen LogP contribution < -0.4 is 5.32 Å². The number of hydrogen-bond acceptors (Lipinski definition) is 4. The molecule has 7 heteroatoms. The second-order valence-electron chi connectivity index (χ2n) is 5.40. The highest BCUT2D eigenvalue weighted by Gasteiger charge is 2.10. The van der Waals surface area contributed by atoms with Crippen molar-refractivity contribution < 1.29 is 9.72 Å². The molecule has 0 saturated heterocycles. The van der Waals surface area contributed by atoms with Crippen molar-refractivity contribution in [3.63, 3.8) is 0 Å². The molecule has 0 bridgehead atoms. The lowest BCUT2D eigenvalue weighted by atomic mass is 10.1. The number of carbonyl (C=O) groups is 1. The highest BCUT2D eigenvalue weighted by molar-refractivity contribution is 7.99. The predicted octanol–water partition coefficient (Wildman–Crippen LogP) is 4.74. The van der Waals surface area contributed by atoms with E-state index in [4.69, 9.17) is 11.6 Å². The maximum absolute atomic E-state index is 12.1. The van der Waals surface area contributed by atoms with E-state index in [0.717, 1.165) is 16.7 Å². The molecule has 0 radical (unpaired) electrons. The van der Waals surface area contributed by atoms with Gasteiger partial charge < -0.3 is 5.32 Å². The molecule has 0 aliphatic heterocycles. The minimum absolute atomic E-state index is 0.0611. The Morgan fingerprint density at radius 2 is 1.92 bits per heavy atom. The predicted molar refractivity (Wildman–Crippen MR) is 98.8 cm³/mol. The number of anilines is 1. The van der Waals surface area contributed by atoms with Gasteiger partial charge in [0.15, 0.2) is 0 Å². The van der Waals surface area contributed by atoms with E-state index in [0.29, 0.717) is 16.5 Å². The lowest BCUT2D eigenvalue weighted by Gasteiger charge is -2.11. The van der Waals surface area contributed by atoms with Crippen LogP contribution in [0.5, 0.6) is 0 Å². The summed E-state index contributed by atoms with van der Waals surface area (Å²) in [6.45, 7) is 3.85. The van der Waals surface area contributed by atoms with Gasteiger partial charge in [-0.1, -0.05) is 29.8 Å². The summed E-state index contributed by atoms with van der Waals surface area (Å²) in [5, 5.41) is 14.0. The summed E-state index contributed by atoms with van der Waals surface area (Å²) in [6, 6.07) is 10.1. The number of aryl methyl sites for hydroxylation is 2. The third kappa shape index (κ3) is 4.97. The number of nitrogens with zero attached hydrogens (tertiary/aromatic N) is 1. The molecule has 0 heterocycles. The van der Waals surface area contributed by atoms with Crippen LogP contribution in [0.25, 0.3) is 0 Å². The smallest absolute Gasteiger partial charge is 0.269 e. The molecule has 126 valence electrons. The molecular weight excluding hydrogens is 348 g/mol. The summed E-state index contributed by atoms with van der Waals surface area (Å²) in [6.07, 6.45) is 0. The topological polar surface area (TPSA) is 72.2 Å². The molecule has 1 amide bonds. The fraction of sp³-hybridized carbons (Fsp3) is 0.235. The number of benzene rings is 2. The van der Waals surface area contributed by atoms with Gasteiger partial charge in [0.1, 0.15) is 0 Å². The van der Waals surface area contributed by atoms with Gasteiger partial charge >= 0.3 is 0 Å². The van der Waals surface area contributed by atoms with Crippen LogP contribution in [0, 0.1) is 24.0 Å². The van der Waals surface area contributed by atoms with Gasteiger partial charge in [0, 0.05) is 17.9 Å². The molecule has 24 heavy (non-hydrogen) atoms. The van der Waals surface area contributed by atoms with E-state index in [1.165, 1.54) is 23.9 Å². The Kier molecular flexibility index (Phi) is 6.23. The number of thioether (sulfide) groups is 1. The third-order valence-electron chi connectivity index (χ3n) is 3.35. The summed E-state index contributed by atoms with van der Waals surface area (Å²) in [4.78, 5) is 22.2. The van der Waals surface area contributed by atoms with E-state index in [1.54, 1.807) is 12.1 Å². The lowest BCUT2D eigenvalue weighted by Crippen LogP contribution is -2.15. The molecule has 0 spiro atoms. The molecule has 2 aromatic rings. The fourth-order valence-electron chi connectivity index (χ4n) is 2.23. The van der Waals surface area contributed by atoms with Crippen LogP contribution in [-0.2, 0) is 10.5 Å². The summed E-state index contributed by atoms with van der Waals surface area (Å²) < 4.78 is 0. The number of non-ortho nitro benzene ring substituents is 1. The SMILES string of the molecule is Cc1cc(C)c(NC(=O)CSCc2ccc([N+](=O)[O-])cc2)c(Cl)c1. The monoisotopic (exact) mass is 364 g/mol. The first-order chi connectivity index (χ1) is 11.4. The number of halogens is 1. The Bertz CT molecular complexity index is 740. The van der Waals surface area contributed by atoms with Crippen LogP contribution in [-0.4, -0.2) is 16.6 Å². The van der Waals surface area contributed by atoms with E-state index in [9.17, 15) is 14.9 Å². The first-order valence-corrected chi connectivity index (χ1v) is 8.78. The Hall–Kier alpha value is -2.05. The van der Waals surface area contributed by atoms with E-state index in [1.807, 2.05) is 26.0 Å². The molecule has 0 unspecified atom stereocenters. The van der Waals surface area contributed by atoms with Crippen molar-refractivity contribution in [1.29, 1.82) is 0 Å². The van der Waals surface area contributed by atoms with Crippen LogP contribution in [0.1, 0.15) is 16.7 Å². The quantitative estimate of drug-likeness (QED) is 0.593. The van der Waals surface area contributed by atoms with Gasteiger partial charge in [0.2, 0.25) is 5.91 Å². The molecular formula is C17H17ClN2O3S. The normalized spacial score (nSPS) is 10.5. The van der Waals surface area contributed by atoms with Crippen molar-refractivity contribution in [3.05, 3.63) is 68.2 Å². The van der Waals surface area contributed by atoms with E-state index >= 15 is 0 Å². The van der Waals surface area contributed by atoms with Crippen molar-refractivity contribution in [3.8, 4) is 0 Å². The van der Waals surface area contributed by atoms with Gasteiger partial charge in [-0.25, -0.2) is 0 Å². The lowest BCUT2D eigenvalue weighted by molar-refractivity contribution is -0.384. The number of carbonyl (C=O) groups excluding carboxylic acids is 1. The van der Waals surface area contributed by atoms with Gasteiger partial charge in [-0.15, -0.1) is 11.8 Å². The molecule has 0 aliphatic rings. The maximum atomic E-state index is 12.1. The van der Waals surface area contributed by atoms with Crippen LogP contribution in [0.15, 0.2) is 36.4 Å². The summed E-state index contributed by atoms with van der Waals surface area (Å²) >= 11 is 7.61. The Morgan fingerprint density at radius 3 is 2.50 bits per heavy atom. The Labute approximate surface area is 149 Å². The number of amides is 1. The number of hydrogen-bond donors (Lipinski definition) is 1. The number of rotatable bonds is 6. The second kappa shape index (κ2) is 8.17. The summed E-state index contributed by atoms with van der Waals surface area (Å²) in [5.74, 6) is 0.753. The van der Waals surface area contributed by atoms with Gasteiger partial charge in [-0.05, 0) is 36.6 Å². The highest BCUT2D eigenvalue weighted by Crippen LogP contribution is 2.27. The molecule has 1 N–H and O–H groups in total. The minimum atomic E-state index is -0.433. The van der Waals surface area contributed by atoms with Gasteiger partial charge in [-0.3, -0.25) is 14.9 Å². The zero-order chi connectivity index (χ0) is 17.7. The van der Waals surface area contributed by atoms with Crippen LogP contribution in [0.3, 0.4) is 0 Å². The molecule has 0 aromatic heterocycles. The van der Waals surface area contributed by atoms with Crippen molar-refractivity contribution >= 4 is 40.6 Å². The first-order valence-electron chi connectivity index (χ1n) is 7.24. The standard InChI is InChI=1S/C17H17ClN2O3S/c1-11-7-12(2)17(15(18)8-11)19-16(21)10-24-9-13-3-5-14(6-4-13)20(22)23/h3-8H,9-10H2,1-2H3,(H,19,21). The molecule has 0 aliphatic carbocycles. The molecule has 2 rings (SSSR count). The van der Waals surface area contributed by atoms with E-state index < -0.39 is 4.92 Å². The molecule has 5 nitrogen and oxygen atoms in total. The third-order valence-corrected chi connectivity index (χ3v) is 4.65. The number of nitro groups is 1. The van der Waals surface area contributed by atoms with Gasteiger partial charge in [0.05, 0.1) is 21.4 Å². The summed E-state index contributed by atoms with van der Waals surface area (Å²) in [7, 11) is 0. The van der Waals surface area contributed by atoms with Crippen molar-refractivity contribution in [2.75, 3.05) is 11.1 Å². The maximum Gasteiger partial charge on any atom is 0.269 e. The number of nitro benzene ring substituents is 1. The van der Waals surface area contributed by atoms with Gasteiger partial charge in [0.25, 0.3) is 5.69 Å². The number of nitrogens with one attached hydrogen (secondary N) is 1.